The van der Waals surface area contributed by atoms with Crippen molar-refractivity contribution in [1.29, 1.82) is 0 Å². The number of amides is 1. The fraction of sp³-hybridized carbons (Fsp3) is 0.467. The van der Waals surface area contributed by atoms with Crippen molar-refractivity contribution in [3.8, 4) is 0 Å². The highest BCUT2D eigenvalue weighted by Crippen LogP contribution is 2.21. The zero-order valence-corrected chi connectivity index (χ0v) is 13.6. The van der Waals surface area contributed by atoms with Gasteiger partial charge in [0, 0.05) is 11.7 Å². The summed E-state index contributed by atoms with van der Waals surface area (Å²) < 4.78 is 0. The van der Waals surface area contributed by atoms with Gasteiger partial charge < -0.3 is 16.0 Å². The third-order valence-electron chi connectivity index (χ3n) is 2.77. The number of carbonyl (C=O) groups excluding carboxylic acids is 1. The van der Waals surface area contributed by atoms with Crippen molar-refractivity contribution in [3.05, 3.63) is 28.8 Å². The van der Waals surface area contributed by atoms with Gasteiger partial charge in [0.1, 0.15) is 0 Å². The summed E-state index contributed by atoms with van der Waals surface area (Å²) in [5.74, 6) is -0.104. The molecule has 0 aliphatic heterocycles. The van der Waals surface area contributed by atoms with Gasteiger partial charge >= 0.3 is 0 Å². The lowest BCUT2D eigenvalue weighted by molar-refractivity contribution is -0.115. The number of benzene rings is 1. The van der Waals surface area contributed by atoms with E-state index in [0.29, 0.717) is 5.11 Å². The van der Waals surface area contributed by atoms with Crippen molar-refractivity contribution in [3.63, 3.8) is 0 Å². The Morgan fingerprint density at radius 2 is 1.75 bits per heavy atom. The molecule has 0 saturated carbocycles. The Labute approximate surface area is 126 Å². The molecular weight excluding hydrogens is 270 g/mol. The first-order valence-electron chi connectivity index (χ1n) is 6.71. The Morgan fingerprint density at radius 3 is 2.25 bits per heavy atom. The number of rotatable bonds is 4. The molecule has 0 heterocycles. The maximum absolute atomic E-state index is 11.9. The average Bonchev–Trinajstić information content (AvgIpc) is 2.30. The minimum absolute atomic E-state index is 0.104. The molecule has 3 N–H and O–H groups in total. The molecule has 0 aliphatic rings. The highest BCUT2D eigenvalue weighted by Gasteiger charge is 2.08. The van der Waals surface area contributed by atoms with Crippen molar-refractivity contribution >= 4 is 28.9 Å². The molecule has 110 valence electrons. The second-order valence-corrected chi connectivity index (χ2v) is 5.71. The number of anilines is 1. The first-order valence-corrected chi connectivity index (χ1v) is 7.12. The van der Waals surface area contributed by atoms with Gasteiger partial charge in [0.2, 0.25) is 5.91 Å². The summed E-state index contributed by atoms with van der Waals surface area (Å²) in [6.07, 6.45) is 0. The predicted octanol–water partition coefficient (Wildman–Crippen LogP) is 2.42. The zero-order valence-electron chi connectivity index (χ0n) is 12.8. The van der Waals surface area contributed by atoms with E-state index < -0.39 is 0 Å². The summed E-state index contributed by atoms with van der Waals surface area (Å²) in [6.45, 7) is 10.2. The van der Waals surface area contributed by atoms with Gasteiger partial charge in [-0.05, 0) is 58.0 Å². The lowest BCUT2D eigenvalue weighted by Crippen LogP contribution is -2.42. The molecule has 0 atom stereocenters. The zero-order chi connectivity index (χ0) is 15.3. The van der Waals surface area contributed by atoms with Gasteiger partial charge in [-0.1, -0.05) is 17.7 Å². The van der Waals surface area contributed by atoms with Crippen LogP contribution >= 0.6 is 12.2 Å². The van der Waals surface area contributed by atoms with Crippen LogP contribution < -0.4 is 16.0 Å². The van der Waals surface area contributed by atoms with E-state index in [1.54, 1.807) is 0 Å². The predicted molar refractivity (Wildman–Crippen MR) is 88.2 cm³/mol. The van der Waals surface area contributed by atoms with Crippen LogP contribution in [0.2, 0.25) is 0 Å². The SMILES string of the molecule is Cc1cc(C)c(NC(=O)CNC(=S)NC(C)C)c(C)c1. The molecule has 0 radical (unpaired) electrons. The van der Waals surface area contributed by atoms with Crippen LogP contribution in [0.5, 0.6) is 0 Å². The molecule has 1 amide bonds. The van der Waals surface area contributed by atoms with E-state index in [4.69, 9.17) is 12.2 Å². The number of carbonyl (C=O) groups is 1. The van der Waals surface area contributed by atoms with E-state index in [1.165, 1.54) is 5.56 Å². The minimum Gasteiger partial charge on any atom is -0.361 e. The summed E-state index contributed by atoms with van der Waals surface area (Å²) in [4.78, 5) is 11.9. The molecule has 0 unspecified atom stereocenters. The molecular formula is C15H23N3OS. The third-order valence-corrected chi connectivity index (χ3v) is 3.03. The van der Waals surface area contributed by atoms with Crippen LogP contribution in [0.15, 0.2) is 12.1 Å². The maximum Gasteiger partial charge on any atom is 0.243 e. The first-order chi connectivity index (χ1) is 9.29. The molecule has 0 aliphatic carbocycles. The van der Waals surface area contributed by atoms with E-state index in [0.717, 1.165) is 16.8 Å². The van der Waals surface area contributed by atoms with Crippen molar-refractivity contribution < 1.29 is 4.79 Å². The molecule has 1 aromatic rings. The van der Waals surface area contributed by atoms with Crippen molar-refractivity contribution in [2.75, 3.05) is 11.9 Å². The van der Waals surface area contributed by atoms with Crippen LogP contribution in [0.1, 0.15) is 30.5 Å². The molecule has 0 fully saturated rings. The third kappa shape index (κ3) is 5.17. The van der Waals surface area contributed by atoms with Crippen LogP contribution in [-0.2, 0) is 4.79 Å². The van der Waals surface area contributed by atoms with Crippen molar-refractivity contribution in [1.82, 2.24) is 10.6 Å². The maximum atomic E-state index is 11.9. The molecule has 4 nitrogen and oxygen atoms in total. The molecule has 0 aromatic heterocycles. The van der Waals surface area contributed by atoms with Crippen LogP contribution in [-0.4, -0.2) is 23.6 Å². The summed E-state index contributed by atoms with van der Waals surface area (Å²) in [5, 5.41) is 9.34. The van der Waals surface area contributed by atoms with E-state index in [9.17, 15) is 4.79 Å². The topological polar surface area (TPSA) is 53.2 Å². The summed E-state index contributed by atoms with van der Waals surface area (Å²) in [7, 11) is 0. The molecule has 1 rings (SSSR count). The number of thiocarbonyl (C=S) groups is 1. The highest BCUT2D eigenvalue weighted by molar-refractivity contribution is 7.80. The molecule has 0 saturated heterocycles. The number of hydrogen-bond donors (Lipinski definition) is 3. The largest absolute Gasteiger partial charge is 0.361 e. The van der Waals surface area contributed by atoms with Crippen LogP contribution in [0.4, 0.5) is 5.69 Å². The lowest BCUT2D eigenvalue weighted by atomic mass is 10.1. The van der Waals surface area contributed by atoms with Crippen LogP contribution in [0, 0.1) is 20.8 Å². The van der Waals surface area contributed by atoms with E-state index >= 15 is 0 Å². The van der Waals surface area contributed by atoms with Crippen molar-refractivity contribution in [2.24, 2.45) is 0 Å². The Kier molecular flexibility index (Phi) is 5.95. The van der Waals surface area contributed by atoms with E-state index in [2.05, 4.69) is 28.1 Å². The second-order valence-electron chi connectivity index (χ2n) is 5.30. The second kappa shape index (κ2) is 7.24. The van der Waals surface area contributed by atoms with Gasteiger partial charge in [0.25, 0.3) is 0 Å². The van der Waals surface area contributed by atoms with E-state index in [1.807, 2.05) is 34.6 Å². The highest BCUT2D eigenvalue weighted by atomic mass is 32.1. The molecule has 0 spiro atoms. The molecule has 20 heavy (non-hydrogen) atoms. The fourth-order valence-electron chi connectivity index (χ4n) is 2.03. The van der Waals surface area contributed by atoms with Crippen molar-refractivity contribution in [2.45, 2.75) is 40.7 Å². The first kappa shape index (κ1) is 16.4. The van der Waals surface area contributed by atoms with E-state index in [-0.39, 0.29) is 18.5 Å². The summed E-state index contributed by atoms with van der Waals surface area (Å²) >= 11 is 5.08. The van der Waals surface area contributed by atoms with Gasteiger partial charge in [-0.25, -0.2) is 0 Å². The number of aryl methyl sites for hydroxylation is 3. The Balaban J connectivity index is 2.57. The Morgan fingerprint density at radius 1 is 1.20 bits per heavy atom. The normalized spacial score (nSPS) is 10.3. The smallest absolute Gasteiger partial charge is 0.243 e. The molecule has 1 aromatic carbocycles. The van der Waals surface area contributed by atoms with Gasteiger partial charge in [0.05, 0.1) is 6.54 Å². The molecule has 0 bridgehead atoms. The monoisotopic (exact) mass is 293 g/mol. The summed E-state index contributed by atoms with van der Waals surface area (Å²) in [5.41, 5.74) is 4.21. The quantitative estimate of drug-likeness (QED) is 0.746. The van der Waals surface area contributed by atoms with Gasteiger partial charge in [-0.2, -0.15) is 0 Å². The van der Waals surface area contributed by atoms with Crippen LogP contribution in [0.25, 0.3) is 0 Å². The lowest BCUT2D eigenvalue weighted by Gasteiger charge is -2.15. The Hall–Kier alpha value is -1.62. The van der Waals surface area contributed by atoms with Gasteiger partial charge in [-0.15, -0.1) is 0 Å². The van der Waals surface area contributed by atoms with Crippen LogP contribution in [0.3, 0.4) is 0 Å². The number of hydrogen-bond acceptors (Lipinski definition) is 2. The number of nitrogens with one attached hydrogen (secondary N) is 3. The fourth-order valence-corrected chi connectivity index (χ4v) is 2.34. The Bertz CT molecular complexity index is 489. The minimum atomic E-state index is -0.104. The standard InChI is InChI=1S/C15H23N3OS/c1-9(2)17-15(20)16-8-13(19)18-14-11(4)6-10(3)7-12(14)5/h6-7,9H,8H2,1-5H3,(H,18,19)(H2,16,17,20). The summed E-state index contributed by atoms with van der Waals surface area (Å²) in [6, 6.07) is 4.36. The van der Waals surface area contributed by atoms with Gasteiger partial charge in [-0.3, -0.25) is 4.79 Å². The van der Waals surface area contributed by atoms with Gasteiger partial charge in [0.15, 0.2) is 5.11 Å². The average molecular weight is 293 g/mol. The molecule has 5 heteroatoms.